The van der Waals surface area contributed by atoms with Crippen molar-refractivity contribution in [1.29, 1.82) is 0 Å². The molecule has 4 fully saturated rings. The van der Waals surface area contributed by atoms with E-state index in [4.69, 9.17) is 10.3 Å². The van der Waals surface area contributed by atoms with Crippen molar-refractivity contribution in [1.82, 2.24) is 0 Å². The fraction of sp³-hybridized carbons (Fsp3) is 0.850. The van der Waals surface area contributed by atoms with E-state index in [9.17, 15) is 15.0 Å². The number of aldehydes is 1. The predicted octanol–water partition coefficient (Wildman–Crippen LogP) is 3.18. The lowest BCUT2D eigenvalue weighted by Gasteiger charge is -2.61. The average Bonchev–Trinajstić information content (AvgIpc) is 3.17. The molecule has 3 saturated carbocycles. The zero-order valence-corrected chi connectivity index (χ0v) is 17.5. The third-order valence-corrected chi connectivity index (χ3v) is 9.91. The third kappa shape index (κ3) is 2.01. The van der Waals surface area contributed by atoms with E-state index in [0.29, 0.717) is 12.8 Å². The summed E-state index contributed by atoms with van der Waals surface area (Å²) in [6, 6.07) is -0.574. The number of aliphatic hydroxyl groups is 2. The van der Waals surface area contributed by atoms with Crippen LogP contribution in [0, 0.1) is 16.7 Å². The molecule has 152 valence electrons. The second kappa shape index (κ2) is 5.82. The van der Waals surface area contributed by atoms with Gasteiger partial charge >= 0.3 is 0 Å². The van der Waals surface area contributed by atoms with Crippen LogP contribution in [0.5, 0.6) is 0 Å². The molecule has 2 heterocycles. The van der Waals surface area contributed by atoms with Crippen LogP contribution < -0.4 is 0 Å². The number of hydrogen-bond donors (Lipinski definition) is 2. The highest BCUT2D eigenvalue weighted by molar-refractivity contribution is 9.09. The molecule has 2 N–H and O–H groups in total. The van der Waals surface area contributed by atoms with Crippen molar-refractivity contribution < 1.29 is 19.7 Å². The van der Waals surface area contributed by atoms with Crippen molar-refractivity contribution >= 4 is 22.2 Å². The van der Waals surface area contributed by atoms with E-state index >= 15 is 0 Å². The summed E-state index contributed by atoms with van der Waals surface area (Å²) in [7, 11) is 0. The number of hydrogen-bond acceptors (Lipinski definition) is 5. The van der Waals surface area contributed by atoms with Crippen LogP contribution in [0.2, 0.25) is 0 Å². The predicted molar refractivity (Wildman–Crippen MR) is 105 cm³/mol. The molecule has 0 aromatic rings. The fourth-order valence-electron chi connectivity index (χ4n) is 7.35. The first-order valence-electron chi connectivity index (χ1n) is 10.2. The van der Waals surface area contributed by atoms with Gasteiger partial charge in [-0.2, -0.15) is 0 Å². The van der Waals surface area contributed by atoms with Crippen LogP contribution in [0.15, 0.2) is 16.8 Å². The van der Waals surface area contributed by atoms with Crippen molar-refractivity contribution in [2.45, 2.75) is 86.1 Å². The molecule has 2 aliphatic heterocycles. The second-order valence-electron chi connectivity index (χ2n) is 9.76. The SMILES string of the molecule is C[C@]12CC[C@]3(C=O)C=C4[C@H](Br)[C@H](O)[C@@H](N=[N+]=[N-])C[C@]45CC[C@]3(O5)[C@@H]1CC[C@@H]2O. The Labute approximate surface area is 172 Å². The minimum Gasteiger partial charge on any atom is -0.393 e. The first kappa shape index (κ1) is 19.1. The Morgan fingerprint density at radius 3 is 2.82 bits per heavy atom. The van der Waals surface area contributed by atoms with Gasteiger partial charge in [0.1, 0.15) is 6.29 Å². The lowest BCUT2D eigenvalue weighted by atomic mass is 9.50. The van der Waals surface area contributed by atoms with Gasteiger partial charge in [-0.15, -0.1) is 0 Å². The molecule has 0 aromatic heterocycles. The van der Waals surface area contributed by atoms with Crippen LogP contribution in [0.25, 0.3) is 10.4 Å². The Morgan fingerprint density at radius 1 is 1.32 bits per heavy atom. The Balaban J connectivity index is 1.67. The first-order chi connectivity index (χ1) is 13.3. The van der Waals surface area contributed by atoms with E-state index in [1.807, 2.05) is 0 Å². The monoisotopic (exact) mass is 451 g/mol. The van der Waals surface area contributed by atoms with Gasteiger partial charge in [0.15, 0.2) is 0 Å². The van der Waals surface area contributed by atoms with Crippen LogP contribution in [0.1, 0.15) is 51.9 Å². The second-order valence-corrected chi connectivity index (χ2v) is 10.8. The number of rotatable bonds is 2. The highest BCUT2D eigenvalue weighted by Crippen LogP contribution is 2.71. The maximum atomic E-state index is 12.6. The van der Waals surface area contributed by atoms with Crippen LogP contribution in [0.3, 0.4) is 0 Å². The van der Waals surface area contributed by atoms with Crippen LogP contribution >= 0.6 is 15.9 Å². The summed E-state index contributed by atoms with van der Waals surface area (Å²) in [5.41, 5.74) is 7.65. The lowest BCUT2D eigenvalue weighted by molar-refractivity contribution is -0.229. The number of azide groups is 1. The molecular formula is C20H26BrN3O4. The summed E-state index contributed by atoms with van der Waals surface area (Å²) >= 11 is 3.61. The highest BCUT2D eigenvalue weighted by Gasteiger charge is 2.74. The van der Waals surface area contributed by atoms with Gasteiger partial charge in [-0.05, 0) is 67.4 Å². The number of alkyl halides is 1. The maximum Gasteiger partial charge on any atom is 0.132 e. The minimum absolute atomic E-state index is 0.115. The van der Waals surface area contributed by atoms with E-state index in [1.54, 1.807) is 0 Å². The van der Waals surface area contributed by atoms with Crippen molar-refractivity contribution in [2.24, 2.45) is 21.9 Å². The lowest BCUT2D eigenvalue weighted by Crippen LogP contribution is -2.66. The molecule has 0 unspecified atom stereocenters. The van der Waals surface area contributed by atoms with Gasteiger partial charge in [0.2, 0.25) is 0 Å². The number of carbonyl (C=O) groups excluding carboxylic acids is 1. The number of carbonyl (C=O) groups is 1. The molecule has 0 aromatic carbocycles. The van der Waals surface area contributed by atoms with Gasteiger partial charge in [0.05, 0.1) is 39.7 Å². The Morgan fingerprint density at radius 2 is 2.11 bits per heavy atom. The normalized spacial score (nSPS) is 56.7. The minimum atomic E-state index is -0.852. The van der Waals surface area contributed by atoms with Crippen LogP contribution in [0.4, 0.5) is 0 Å². The van der Waals surface area contributed by atoms with Crippen LogP contribution in [-0.2, 0) is 9.53 Å². The molecule has 7 nitrogen and oxygen atoms in total. The fourth-order valence-corrected chi connectivity index (χ4v) is 8.25. The molecule has 2 spiro atoms. The molecule has 3 aliphatic carbocycles. The number of fused-ring (bicyclic) bond motifs is 1. The molecule has 8 heteroatoms. The van der Waals surface area contributed by atoms with Gasteiger partial charge in [-0.25, -0.2) is 0 Å². The van der Waals surface area contributed by atoms with E-state index < -0.39 is 33.6 Å². The van der Waals surface area contributed by atoms with E-state index in [2.05, 4.69) is 39.0 Å². The summed E-state index contributed by atoms with van der Waals surface area (Å²) < 4.78 is 6.96. The number of halogens is 1. The molecule has 0 amide bonds. The Kier molecular flexibility index (Phi) is 3.97. The maximum absolute atomic E-state index is 12.6. The summed E-state index contributed by atoms with van der Waals surface area (Å²) in [6.07, 6.45) is 6.87. The summed E-state index contributed by atoms with van der Waals surface area (Å²) in [4.78, 5) is 15.1. The average molecular weight is 452 g/mol. The van der Waals surface area contributed by atoms with Crippen LogP contribution in [-0.4, -0.2) is 50.8 Å². The molecule has 5 rings (SSSR count). The van der Waals surface area contributed by atoms with Crippen molar-refractivity contribution in [3.8, 4) is 0 Å². The van der Waals surface area contributed by atoms with Gasteiger partial charge in [-0.3, -0.25) is 0 Å². The smallest absolute Gasteiger partial charge is 0.132 e. The number of aliphatic hydroxyl groups excluding tert-OH is 2. The van der Waals surface area contributed by atoms with E-state index in [1.165, 1.54) is 0 Å². The highest BCUT2D eigenvalue weighted by atomic mass is 79.9. The Bertz CT molecular complexity index is 815. The zero-order valence-electron chi connectivity index (χ0n) is 15.9. The largest absolute Gasteiger partial charge is 0.393 e. The Hall–Kier alpha value is -0.920. The van der Waals surface area contributed by atoms with Gasteiger partial charge in [0.25, 0.3) is 0 Å². The standard InChI is InChI=1S/C20H26BrN3O4/c1-17-4-5-18(10-25)8-11-15(21)16(27)12(23-24-22)9-19(11)6-7-20(18,28-19)13(17)2-3-14(17)26/h8,10,12-16,26-27H,2-7,9H2,1H3/t12-,13+,14-,15-,16+,17-,18+,19+,20-/m0/s1. The van der Waals surface area contributed by atoms with Crippen molar-refractivity contribution in [3.05, 3.63) is 22.1 Å². The summed E-state index contributed by atoms with van der Waals surface area (Å²) in [5.74, 6) is 0.115. The van der Waals surface area contributed by atoms with Gasteiger partial charge < -0.3 is 19.7 Å². The molecule has 9 atom stereocenters. The number of nitrogens with zero attached hydrogens (tertiary/aromatic N) is 3. The van der Waals surface area contributed by atoms with Gasteiger partial charge in [-0.1, -0.05) is 34.0 Å². The van der Waals surface area contributed by atoms with Crippen molar-refractivity contribution in [2.75, 3.05) is 0 Å². The molecule has 0 radical (unpaired) electrons. The quantitative estimate of drug-likeness (QED) is 0.167. The molecule has 5 aliphatic rings. The zero-order chi connectivity index (χ0) is 19.9. The third-order valence-electron chi connectivity index (χ3n) is 8.87. The van der Waals surface area contributed by atoms with Gasteiger partial charge in [0, 0.05) is 4.91 Å². The molecule has 2 bridgehead atoms. The first-order valence-corrected chi connectivity index (χ1v) is 11.1. The summed E-state index contributed by atoms with van der Waals surface area (Å²) in [5, 5.41) is 25.2. The number of ether oxygens (including phenoxy) is 1. The van der Waals surface area contributed by atoms with E-state index in [-0.39, 0.29) is 17.4 Å². The topological polar surface area (TPSA) is 116 Å². The molecule has 28 heavy (non-hydrogen) atoms. The van der Waals surface area contributed by atoms with E-state index in [0.717, 1.165) is 44.0 Å². The van der Waals surface area contributed by atoms with Crippen molar-refractivity contribution in [3.63, 3.8) is 0 Å². The molecular weight excluding hydrogens is 426 g/mol. The summed E-state index contributed by atoms with van der Waals surface area (Å²) in [6.45, 7) is 2.15. The molecule has 1 saturated heterocycles.